The van der Waals surface area contributed by atoms with Crippen LogP contribution in [-0.4, -0.2) is 27.2 Å². The number of thioether (sulfide) groups is 1. The largest absolute Gasteiger partial charge is 0.351 e. The van der Waals surface area contributed by atoms with Gasteiger partial charge in [-0.2, -0.15) is 0 Å². The summed E-state index contributed by atoms with van der Waals surface area (Å²) < 4.78 is 0. The number of aromatic amines is 1. The molecule has 0 aliphatic rings. The number of imide groups is 1. The third-order valence-electron chi connectivity index (χ3n) is 2.77. The number of aromatic nitrogens is 2. The minimum atomic E-state index is -0.859. The number of primary amides is 1. The van der Waals surface area contributed by atoms with Gasteiger partial charge >= 0.3 is 6.03 Å². The van der Waals surface area contributed by atoms with Crippen LogP contribution in [0.1, 0.15) is 13.8 Å². The summed E-state index contributed by atoms with van der Waals surface area (Å²) in [5.74, 6) is -0.424. The Kier molecular flexibility index (Phi) is 4.74. The van der Waals surface area contributed by atoms with E-state index in [9.17, 15) is 9.59 Å². The molecule has 1 aromatic heterocycles. The van der Waals surface area contributed by atoms with E-state index in [0.717, 1.165) is 11.0 Å². The average Bonchev–Trinajstić information content (AvgIpc) is 2.76. The highest BCUT2D eigenvalue weighted by Crippen LogP contribution is 2.28. The van der Waals surface area contributed by atoms with E-state index in [2.05, 4.69) is 15.3 Å². The summed E-state index contributed by atoms with van der Waals surface area (Å²) in [5.41, 5.74) is 6.54. The number of hydrogen-bond donors (Lipinski definition) is 3. The van der Waals surface area contributed by atoms with E-state index in [1.54, 1.807) is 18.2 Å². The van der Waals surface area contributed by atoms with Crippen LogP contribution in [0.25, 0.3) is 11.0 Å². The van der Waals surface area contributed by atoms with E-state index in [4.69, 9.17) is 17.3 Å². The molecule has 2 aromatic rings. The number of carbonyl (C=O) groups is 2. The molecular formula is C13H15ClN4O2S. The van der Waals surface area contributed by atoms with Gasteiger partial charge in [-0.15, -0.1) is 0 Å². The molecule has 21 heavy (non-hydrogen) atoms. The molecule has 0 unspecified atom stereocenters. The van der Waals surface area contributed by atoms with E-state index < -0.39 is 17.2 Å². The fourth-order valence-electron chi connectivity index (χ4n) is 1.82. The number of fused-ring (bicyclic) bond motifs is 1. The highest BCUT2D eigenvalue weighted by molar-refractivity contribution is 8.00. The minimum Gasteiger partial charge on any atom is -0.351 e. The number of halogens is 1. The molecule has 0 radical (unpaired) electrons. The van der Waals surface area contributed by atoms with Gasteiger partial charge in [0, 0.05) is 5.02 Å². The number of H-pyrrole nitrogens is 1. The maximum absolute atomic E-state index is 12.0. The fraction of sp³-hybridized carbons (Fsp3) is 0.308. The number of benzene rings is 1. The van der Waals surface area contributed by atoms with E-state index in [1.165, 1.54) is 11.8 Å². The zero-order valence-corrected chi connectivity index (χ0v) is 13.1. The van der Waals surface area contributed by atoms with Gasteiger partial charge in [0.15, 0.2) is 5.16 Å². The highest BCUT2D eigenvalue weighted by Gasteiger charge is 2.25. The second kappa shape index (κ2) is 6.36. The van der Waals surface area contributed by atoms with E-state index in [1.807, 2.05) is 13.8 Å². The SMILES string of the molecule is CC(C)[C@H](Sc1nc2ccc(Cl)cc2[nH]1)C(=O)NC(N)=O. The van der Waals surface area contributed by atoms with Crippen LogP contribution in [0.4, 0.5) is 4.79 Å². The van der Waals surface area contributed by atoms with E-state index in [-0.39, 0.29) is 5.92 Å². The van der Waals surface area contributed by atoms with Crippen molar-refractivity contribution in [1.29, 1.82) is 0 Å². The van der Waals surface area contributed by atoms with Crippen LogP contribution in [0.15, 0.2) is 23.4 Å². The second-order valence-corrected chi connectivity index (χ2v) is 6.41. The normalized spacial score (nSPS) is 12.6. The Balaban J connectivity index is 2.22. The van der Waals surface area contributed by atoms with Gasteiger partial charge in [-0.25, -0.2) is 9.78 Å². The summed E-state index contributed by atoms with van der Waals surface area (Å²) in [7, 11) is 0. The Labute approximate surface area is 130 Å². The van der Waals surface area contributed by atoms with Crippen LogP contribution in [0, 0.1) is 5.92 Å². The zero-order valence-electron chi connectivity index (χ0n) is 11.5. The number of urea groups is 1. The van der Waals surface area contributed by atoms with Crippen molar-refractivity contribution in [3.63, 3.8) is 0 Å². The predicted molar refractivity (Wildman–Crippen MR) is 83.3 cm³/mol. The van der Waals surface area contributed by atoms with Crippen LogP contribution >= 0.6 is 23.4 Å². The van der Waals surface area contributed by atoms with Crippen molar-refractivity contribution < 1.29 is 9.59 Å². The van der Waals surface area contributed by atoms with Crippen molar-refractivity contribution in [1.82, 2.24) is 15.3 Å². The molecule has 112 valence electrons. The number of rotatable bonds is 4. The van der Waals surface area contributed by atoms with Crippen molar-refractivity contribution in [3.8, 4) is 0 Å². The van der Waals surface area contributed by atoms with E-state index >= 15 is 0 Å². The third kappa shape index (κ3) is 3.89. The molecule has 4 N–H and O–H groups in total. The Hall–Kier alpha value is -1.73. The zero-order chi connectivity index (χ0) is 15.6. The minimum absolute atomic E-state index is 0.00569. The van der Waals surface area contributed by atoms with Crippen molar-refractivity contribution in [3.05, 3.63) is 23.2 Å². The average molecular weight is 327 g/mol. The molecule has 2 rings (SSSR count). The first-order chi connectivity index (χ1) is 9.86. The van der Waals surface area contributed by atoms with Gasteiger partial charge < -0.3 is 10.7 Å². The molecule has 0 saturated heterocycles. The van der Waals surface area contributed by atoms with Gasteiger partial charge in [-0.1, -0.05) is 37.2 Å². The smallest absolute Gasteiger partial charge is 0.318 e. The Morgan fingerprint density at radius 3 is 2.76 bits per heavy atom. The summed E-state index contributed by atoms with van der Waals surface area (Å²) >= 11 is 7.17. The highest BCUT2D eigenvalue weighted by atomic mass is 35.5. The maximum atomic E-state index is 12.0. The number of carbonyl (C=O) groups excluding carboxylic acids is 2. The van der Waals surface area contributed by atoms with Crippen molar-refractivity contribution in [2.24, 2.45) is 11.7 Å². The van der Waals surface area contributed by atoms with Gasteiger partial charge in [0.05, 0.1) is 16.3 Å². The van der Waals surface area contributed by atoms with Gasteiger partial charge in [-0.3, -0.25) is 10.1 Å². The molecule has 8 heteroatoms. The number of imidazole rings is 1. The van der Waals surface area contributed by atoms with Crippen LogP contribution < -0.4 is 11.1 Å². The molecule has 0 fully saturated rings. The first-order valence-corrected chi connectivity index (χ1v) is 7.55. The summed E-state index contributed by atoms with van der Waals surface area (Å²) in [6.07, 6.45) is 0. The maximum Gasteiger partial charge on any atom is 0.318 e. The molecule has 1 atom stereocenters. The molecule has 0 aliphatic heterocycles. The molecule has 1 heterocycles. The molecule has 1 aromatic carbocycles. The van der Waals surface area contributed by atoms with Crippen LogP contribution in [0.5, 0.6) is 0 Å². The molecule has 0 spiro atoms. The van der Waals surface area contributed by atoms with Crippen molar-refractivity contribution in [2.75, 3.05) is 0 Å². The second-order valence-electron chi connectivity index (χ2n) is 4.84. The van der Waals surface area contributed by atoms with Crippen LogP contribution in [0.3, 0.4) is 0 Å². The first-order valence-electron chi connectivity index (χ1n) is 6.29. The number of hydrogen-bond acceptors (Lipinski definition) is 4. The topological polar surface area (TPSA) is 101 Å². The summed E-state index contributed by atoms with van der Waals surface area (Å²) in [5, 5.41) is 2.82. The monoisotopic (exact) mass is 326 g/mol. The van der Waals surface area contributed by atoms with Gasteiger partial charge in [0.25, 0.3) is 0 Å². The molecule has 0 bridgehead atoms. The summed E-state index contributed by atoms with van der Waals surface area (Å²) in [4.78, 5) is 30.3. The lowest BCUT2D eigenvalue weighted by molar-refractivity contribution is -0.120. The van der Waals surface area contributed by atoms with Crippen LogP contribution in [-0.2, 0) is 4.79 Å². The predicted octanol–water partition coefficient (Wildman–Crippen LogP) is 2.53. The molecule has 6 nitrogen and oxygen atoms in total. The number of nitrogens with zero attached hydrogens (tertiary/aromatic N) is 1. The molecule has 0 aliphatic carbocycles. The molecule has 0 saturated carbocycles. The van der Waals surface area contributed by atoms with Crippen LogP contribution in [0.2, 0.25) is 5.02 Å². The molecular weight excluding hydrogens is 312 g/mol. The molecule has 3 amide bonds. The Morgan fingerprint density at radius 2 is 2.14 bits per heavy atom. The Morgan fingerprint density at radius 1 is 1.43 bits per heavy atom. The third-order valence-corrected chi connectivity index (χ3v) is 4.44. The first kappa shape index (κ1) is 15.7. The lowest BCUT2D eigenvalue weighted by atomic mass is 10.1. The number of amides is 3. The standard InChI is InChI=1S/C13H15ClN4O2S/c1-6(2)10(11(19)18-12(15)20)21-13-16-8-4-3-7(14)5-9(8)17-13/h3-6,10H,1-2H3,(H,16,17)(H3,15,18,19,20)/t10-/m0/s1. The number of nitrogens with two attached hydrogens (primary N) is 1. The Bertz CT molecular complexity index is 686. The fourth-order valence-corrected chi connectivity index (χ4v) is 2.99. The van der Waals surface area contributed by atoms with Gasteiger partial charge in [0.1, 0.15) is 0 Å². The van der Waals surface area contributed by atoms with Crippen molar-refractivity contribution in [2.45, 2.75) is 24.3 Å². The number of nitrogens with one attached hydrogen (secondary N) is 2. The van der Waals surface area contributed by atoms with Crippen molar-refractivity contribution >= 4 is 46.3 Å². The quantitative estimate of drug-likeness (QED) is 0.751. The summed E-state index contributed by atoms with van der Waals surface area (Å²) in [6, 6.07) is 4.45. The summed E-state index contributed by atoms with van der Waals surface area (Å²) in [6.45, 7) is 3.77. The van der Waals surface area contributed by atoms with E-state index in [0.29, 0.717) is 10.2 Å². The lowest BCUT2D eigenvalue weighted by Gasteiger charge is -2.17. The van der Waals surface area contributed by atoms with Gasteiger partial charge in [0.2, 0.25) is 5.91 Å². The van der Waals surface area contributed by atoms with Gasteiger partial charge in [-0.05, 0) is 24.1 Å². The lowest BCUT2D eigenvalue weighted by Crippen LogP contribution is -2.42.